The lowest BCUT2D eigenvalue weighted by Gasteiger charge is -2.11. The SMILES string of the molecule is CCC(C)NC(=O)c1ccc(CSc2nc3cccnc3n2Cc2ccccc2)cc1. The summed E-state index contributed by atoms with van der Waals surface area (Å²) >= 11 is 1.68. The van der Waals surface area contributed by atoms with Crippen LogP contribution in [0.2, 0.25) is 0 Å². The number of carbonyl (C=O) groups is 1. The van der Waals surface area contributed by atoms with E-state index in [2.05, 4.69) is 33.9 Å². The average molecular weight is 431 g/mol. The molecule has 1 N–H and O–H groups in total. The molecule has 2 aromatic carbocycles. The van der Waals surface area contributed by atoms with E-state index in [0.29, 0.717) is 5.56 Å². The second kappa shape index (κ2) is 9.79. The maximum Gasteiger partial charge on any atom is 0.251 e. The van der Waals surface area contributed by atoms with Crippen molar-refractivity contribution in [1.82, 2.24) is 19.9 Å². The third-order valence-corrected chi connectivity index (χ3v) is 6.27. The molecule has 0 bridgehead atoms. The molecule has 1 amide bonds. The van der Waals surface area contributed by atoms with E-state index in [1.54, 1.807) is 11.8 Å². The van der Waals surface area contributed by atoms with Crippen molar-refractivity contribution in [3.63, 3.8) is 0 Å². The number of aromatic nitrogens is 3. The van der Waals surface area contributed by atoms with Crippen molar-refractivity contribution in [3.8, 4) is 0 Å². The summed E-state index contributed by atoms with van der Waals surface area (Å²) in [5.74, 6) is 0.745. The quantitative estimate of drug-likeness (QED) is 0.385. The average Bonchev–Trinajstić information content (AvgIpc) is 3.16. The van der Waals surface area contributed by atoms with Gasteiger partial charge in [0.05, 0.1) is 6.54 Å². The predicted octanol–water partition coefficient (Wildman–Crippen LogP) is 5.30. The minimum atomic E-state index is -0.0238. The number of pyridine rings is 1. The van der Waals surface area contributed by atoms with E-state index in [9.17, 15) is 4.79 Å². The molecule has 158 valence electrons. The molecule has 0 aliphatic rings. The Hall–Kier alpha value is -3.12. The zero-order valence-corrected chi connectivity index (χ0v) is 18.6. The molecule has 0 spiro atoms. The number of imidazole rings is 1. The standard InChI is InChI=1S/C25H26N4OS/c1-3-18(2)27-24(30)21-13-11-20(12-14-21)17-31-25-28-22-10-7-15-26-23(22)29(25)16-19-8-5-4-6-9-19/h4-15,18H,3,16-17H2,1-2H3,(H,27,30). The molecule has 4 rings (SSSR count). The lowest BCUT2D eigenvalue weighted by Crippen LogP contribution is -2.31. The fraction of sp³-hybridized carbons (Fsp3) is 0.240. The Morgan fingerprint density at radius 2 is 1.81 bits per heavy atom. The summed E-state index contributed by atoms with van der Waals surface area (Å²) in [7, 11) is 0. The highest BCUT2D eigenvalue weighted by Gasteiger charge is 2.13. The Labute approximate surface area is 186 Å². The fourth-order valence-corrected chi connectivity index (χ4v) is 4.22. The van der Waals surface area contributed by atoms with Gasteiger partial charge in [-0.05, 0) is 48.7 Å². The molecule has 0 fully saturated rings. The normalized spacial score (nSPS) is 12.1. The van der Waals surface area contributed by atoms with Gasteiger partial charge in [-0.1, -0.05) is 61.2 Å². The van der Waals surface area contributed by atoms with Gasteiger partial charge in [0.15, 0.2) is 10.8 Å². The van der Waals surface area contributed by atoms with E-state index in [-0.39, 0.29) is 11.9 Å². The summed E-state index contributed by atoms with van der Waals surface area (Å²) in [6.07, 6.45) is 2.72. The molecule has 2 aromatic heterocycles. The largest absolute Gasteiger partial charge is 0.350 e. The minimum Gasteiger partial charge on any atom is -0.350 e. The van der Waals surface area contributed by atoms with E-state index >= 15 is 0 Å². The first-order valence-electron chi connectivity index (χ1n) is 10.5. The van der Waals surface area contributed by atoms with Crippen LogP contribution in [-0.2, 0) is 12.3 Å². The van der Waals surface area contributed by atoms with Crippen molar-refractivity contribution in [1.29, 1.82) is 0 Å². The van der Waals surface area contributed by atoms with Gasteiger partial charge in [-0.2, -0.15) is 0 Å². The summed E-state index contributed by atoms with van der Waals surface area (Å²) in [6, 6.07) is 22.3. The third-order valence-electron chi connectivity index (χ3n) is 5.23. The van der Waals surface area contributed by atoms with Crippen LogP contribution >= 0.6 is 11.8 Å². The second-order valence-corrected chi connectivity index (χ2v) is 8.52. The topological polar surface area (TPSA) is 59.8 Å². The lowest BCUT2D eigenvalue weighted by molar-refractivity contribution is 0.0939. The van der Waals surface area contributed by atoms with E-state index in [1.165, 1.54) is 5.56 Å². The highest BCUT2D eigenvalue weighted by atomic mass is 32.2. The maximum absolute atomic E-state index is 12.3. The van der Waals surface area contributed by atoms with Gasteiger partial charge >= 0.3 is 0 Å². The number of hydrogen-bond donors (Lipinski definition) is 1. The Balaban J connectivity index is 1.50. The number of amides is 1. The summed E-state index contributed by atoms with van der Waals surface area (Å²) in [4.78, 5) is 21.7. The number of nitrogens with one attached hydrogen (secondary N) is 1. The number of nitrogens with zero attached hydrogens (tertiary/aromatic N) is 3. The van der Waals surface area contributed by atoms with Crippen molar-refractivity contribution in [3.05, 3.63) is 89.6 Å². The number of fused-ring (bicyclic) bond motifs is 1. The Kier molecular flexibility index (Phi) is 6.67. The van der Waals surface area contributed by atoms with Crippen LogP contribution in [0, 0.1) is 0 Å². The monoisotopic (exact) mass is 430 g/mol. The second-order valence-electron chi connectivity index (χ2n) is 7.58. The van der Waals surface area contributed by atoms with Crippen LogP contribution in [0.1, 0.15) is 41.8 Å². The third kappa shape index (κ3) is 5.14. The van der Waals surface area contributed by atoms with Crippen LogP contribution in [-0.4, -0.2) is 26.5 Å². The minimum absolute atomic E-state index is 0.0238. The van der Waals surface area contributed by atoms with Gasteiger partial charge in [-0.3, -0.25) is 9.36 Å². The van der Waals surface area contributed by atoms with Gasteiger partial charge in [-0.25, -0.2) is 9.97 Å². The summed E-state index contributed by atoms with van der Waals surface area (Å²) in [5.41, 5.74) is 4.85. The zero-order chi connectivity index (χ0) is 21.6. The first-order valence-corrected chi connectivity index (χ1v) is 11.5. The number of carbonyl (C=O) groups excluding carboxylic acids is 1. The highest BCUT2D eigenvalue weighted by molar-refractivity contribution is 7.98. The molecule has 0 saturated carbocycles. The van der Waals surface area contributed by atoms with Crippen LogP contribution in [0.25, 0.3) is 11.2 Å². The molecule has 0 aliphatic heterocycles. The van der Waals surface area contributed by atoms with Crippen LogP contribution in [0.3, 0.4) is 0 Å². The number of rotatable bonds is 8. The summed E-state index contributed by atoms with van der Waals surface area (Å²) < 4.78 is 2.17. The first-order chi connectivity index (χ1) is 15.1. The maximum atomic E-state index is 12.3. The molecular formula is C25H26N4OS. The van der Waals surface area contributed by atoms with E-state index in [1.807, 2.05) is 67.7 Å². The smallest absolute Gasteiger partial charge is 0.251 e. The summed E-state index contributed by atoms with van der Waals surface area (Å²) in [6.45, 7) is 4.80. The van der Waals surface area contributed by atoms with E-state index < -0.39 is 0 Å². The van der Waals surface area contributed by atoms with Crippen molar-refractivity contribution in [2.24, 2.45) is 0 Å². The van der Waals surface area contributed by atoms with Crippen molar-refractivity contribution in [2.75, 3.05) is 0 Å². The molecule has 0 aliphatic carbocycles. The molecule has 1 atom stereocenters. The summed E-state index contributed by atoms with van der Waals surface area (Å²) in [5, 5.41) is 3.95. The molecule has 2 heterocycles. The molecule has 0 saturated heterocycles. The molecular weight excluding hydrogens is 404 g/mol. The van der Waals surface area contributed by atoms with E-state index in [4.69, 9.17) is 4.98 Å². The van der Waals surface area contributed by atoms with Gasteiger partial charge in [-0.15, -0.1) is 0 Å². The Morgan fingerprint density at radius 3 is 2.55 bits per heavy atom. The van der Waals surface area contributed by atoms with Crippen molar-refractivity contribution in [2.45, 2.75) is 43.8 Å². The Morgan fingerprint density at radius 1 is 1.03 bits per heavy atom. The number of thioether (sulfide) groups is 1. The first kappa shape index (κ1) is 21.1. The Bertz CT molecular complexity index is 1160. The molecule has 0 radical (unpaired) electrons. The molecule has 5 nitrogen and oxygen atoms in total. The molecule has 4 aromatic rings. The lowest BCUT2D eigenvalue weighted by atomic mass is 10.1. The predicted molar refractivity (Wildman–Crippen MR) is 126 cm³/mol. The highest BCUT2D eigenvalue weighted by Crippen LogP contribution is 2.27. The van der Waals surface area contributed by atoms with Crippen molar-refractivity contribution >= 4 is 28.8 Å². The van der Waals surface area contributed by atoms with Crippen LogP contribution in [0.4, 0.5) is 0 Å². The number of hydrogen-bond acceptors (Lipinski definition) is 4. The number of benzene rings is 2. The fourth-order valence-electron chi connectivity index (χ4n) is 3.27. The molecule has 6 heteroatoms. The van der Waals surface area contributed by atoms with Gasteiger partial charge < -0.3 is 5.32 Å². The van der Waals surface area contributed by atoms with Crippen molar-refractivity contribution < 1.29 is 4.79 Å². The van der Waals surface area contributed by atoms with Gasteiger partial charge in [0.2, 0.25) is 0 Å². The van der Waals surface area contributed by atoms with Gasteiger partial charge in [0.1, 0.15) is 5.52 Å². The van der Waals surface area contributed by atoms with Gasteiger partial charge in [0, 0.05) is 23.6 Å². The van der Waals surface area contributed by atoms with Crippen LogP contribution < -0.4 is 5.32 Å². The molecule has 1 unspecified atom stereocenters. The van der Waals surface area contributed by atoms with Crippen LogP contribution in [0.5, 0.6) is 0 Å². The molecule has 31 heavy (non-hydrogen) atoms. The van der Waals surface area contributed by atoms with Crippen LogP contribution in [0.15, 0.2) is 78.1 Å². The zero-order valence-electron chi connectivity index (χ0n) is 17.8. The van der Waals surface area contributed by atoms with Gasteiger partial charge in [0.25, 0.3) is 5.91 Å². The van der Waals surface area contributed by atoms with E-state index in [0.717, 1.165) is 40.6 Å².